The highest BCUT2D eigenvalue weighted by atomic mass is 35.5. The number of ketones is 1. The third-order valence-electron chi connectivity index (χ3n) is 8.81. The smallest absolute Gasteiger partial charge is 0.296 e. The van der Waals surface area contributed by atoms with Gasteiger partial charge in [0, 0.05) is 43.3 Å². The molecular weight excluding hydrogens is 662 g/mol. The van der Waals surface area contributed by atoms with Crippen LogP contribution in [0.3, 0.4) is 0 Å². The summed E-state index contributed by atoms with van der Waals surface area (Å²) >= 11 is 6.17. The molecule has 14 heteroatoms. The van der Waals surface area contributed by atoms with E-state index in [0.29, 0.717) is 48.5 Å². The van der Waals surface area contributed by atoms with E-state index in [1.165, 1.54) is 0 Å². The number of piperazine rings is 1. The van der Waals surface area contributed by atoms with E-state index in [9.17, 15) is 24.0 Å². The average molecular weight is 706 g/mol. The molecule has 0 radical (unpaired) electrons. The van der Waals surface area contributed by atoms with Gasteiger partial charge in [-0.15, -0.1) is 0 Å². The standard InChI is InChI=1S/C36H44ClN7O6/c1-23(2)31(42-36-41-26-10-8-9-12-29(26)50-36)35(49)43-20-21-44(25-16-14-24(37)15-17-25)28(22-43)33(47)40-27-11-6-4-3-5-7-13-30(45)38-18-19-39-34(48)32(27)46/h4,6,8-10,12,14-17,23,27-28,31H,3,5,7,11,13,18-22H2,1-2H3,(H,38,45)(H,39,48)(H,40,47)(H,41,42)/b6-4+/t27-,28-,31?/m1/s1. The van der Waals surface area contributed by atoms with E-state index in [1.807, 2.05) is 43.0 Å². The molecule has 0 saturated carbocycles. The van der Waals surface area contributed by atoms with Crippen LogP contribution in [-0.4, -0.2) is 90.1 Å². The summed E-state index contributed by atoms with van der Waals surface area (Å²) < 4.78 is 5.84. The fourth-order valence-electron chi connectivity index (χ4n) is 6.04. The number of carbonyl (C=O) groups is 5. The number of amides is 4. The maximum Gasteiger partial charge on any atom is 0.296 e. The van der Waals surface area contributed by atoms with Gasteiger partial charge >= 0.3 is 0 Å². The molecule has 1 aromatic heterocycles. The largest absolute Gasteiger partial charge is 0.424 e. The van der Waals surface area contributed by atoms with Gasteiger partial charge in [0.25, 0.3) is 11.9 Å². The van der Waals surface area contributed by atoms with Gasteiger partial charge in [0.05, 0.1) is 6.54 Å². The SMILES string of the molecule is CC(C)C(Nc1nc2ccccc2o1)C(=O)N1CCN(c2ccc(Cl)cc2)[C@@H](C(=O)N[C@@H]2C/C=C/CCCCC(=O)NCCNC(=O)C2=O)C1. The van der Waals surface area contributed by atoms with Crippen molar-refractivity contribution in [2.45, 2.75) is 64.1 Å². The van der Waals surface area contributed by atoms with Crippen LogP contribution in [0.2, 0.25) is 5.02 Å². The van der Waals surface area contributed by atoms with Crippen LogP contribution in [0.25, 0.3) is 11.1 Å². The first-order valence-corrected chi connectivity index (χ1v) is 17.5. The first kappa shape index (κ1) is 36.4. The number of nitrogens with zero attached hydrogens (tertiary/aromatic N) is 3. The quantitative estimate of drug-likeness (QED) is 0.213. The predicted molar refractivity (Wildman–Crippen MR) is 191 cm³/mol. The first-order valence-electron chi connectivity index (χ1n) is 17.1. The van der Waals surface area contributed by atoms with E-state index in [4.69, 9.17) is 16.0 Å². The van der Waals surface area contributed by atoms with Gasteiger partial charge in [0.15, 0.2) is 5.58 Å². The van der Waals surface area contributed by atoms with Crippen molar-refractivity contribution in [2.75, 3.05) is 42.9 Å². The normalized spacial score (nSPS) is 21.1. The summed E-state index contributed by atoms with van der Waals surface area (Å²) in [6.07, 6.45) is 6.33. The molecule has 3 aromatic rings. The van der Waals surface area contributed by atoms with Crippen LogP contribution < -0.4 is 26.2 Å². The number of Topliss-reactive ketones (excluding diaryl/α,β-unsaturated/α-hetero) is 1. The number of halogens is 1. The molecule has 50 heavy (non-hydrogen) atoms. The highest BCUT2D eigenvalue weighted by molar-refractivity contribution is 6.38. The number of rotatable bonds is 7. The highest BCUT2D eigenvalue weighted by Gasteiger charge is 2.39. The van der Waals surface area contributed by atoms with Gasteiger partial charge in [0.1, 0.15) is 23.6 Å². The summed E-state index contributed by atoms with van der Waals surface area (Å²) in [6, 6.07) is 11.9. The maximum atomic E-state index is 14.2. The topological polar surface area (TPSA) is 166 Å². The number of hydrogen-bond donors (Lipinski definition) is 4. The number of para-hydroxylation sites is 2. The van der Waals surface area contributed by atoms with Gasteiger partial charge in [-0.25, -0.2) is 0 Å². The number of benzene rings is 2. The highest BCUT2D eigenvalue weighted by Crippen LogP contribution is 2.26. The van der Waals surface area contributed by atoms with Crippen molar-refractivity contribution in [1.82, 2.24) is 25.8 Å². The van der Waals surface area contributed by atoms with Crippen LogP contribution in [-0.2, 0) is 24.0 Å². The van der Waals surface area contributed by atoms with Gasteiger partial charge in [-0.2, -0.15) is 4.98 Å². The fourth-order valence-corrected chi connectivity index (χ4v) is 6.16. The first-order chi connectivity index (χ1) is 24.1. The summed E-state index contributed by atoms with van der Waals surface area (Å²) in [4.78, 5) is 74.5. The molecule has 13 nitrogen and oxygen atoms in total. The van der Waals surface area contributed by atoms with Gasteiger partial charge in [-0.3, -0.25) is 24.0 Å². The lowest BCUT2D eigenvalue weighted by Crippen LogP contribution is -2.63. The zero-order valence-electron chi connectivity index (χ0n) is 28.3. The van der Waals surface area contributed by atoms with Crippen LogP contribution in [0.4, 0.5) is 11.7 Å². The van der Waals surface area contributed by atoms with Crippen molar-refractivity contribution in [1.29, 1.82) is 0 Å². The third-order valence-corrected chi connectivity index (χ3v) is 9.06. The number of aromatic nitrogens is 1. The lowest BCUT2D eigenvalue weighted by molar-refractivity contribution is -0.140. The number of carbonyl (C=O) groups excluding carboxylic acids is 5. The molecule has 4 N–H and O–H groups in total. The molecule has 1 unspecified atom stereocenters. The molecule has 0 spiro atoms. The molecule has 2 aliphatic heterocycles. The lowest BCUT2D eigenvalue weighted by Gasteiger charge is -2.43. The van der Waals surface area contributed by atoms with E-state index in [-0.39, 0.29) is 49.8 Å². The zero-order valence-corrected chi connectivity index (χ0v) is 29.1. The van der Waals surface area contributed by atoms with Gasteiger partial charge in [-0.05, 0) is 68.0 Å². The number of fused-ring (bicyclic) bond motifs is 1. The summed E-state index contributed by atoms with van der Waals surface area (Å²) in [6.45, 7) is 4.77. The lowest BCUT2D eigenvalue weighted by atomic mass is 10.0. The van der Waals surface area contributed by atoms with E-state index < -0.39 is 35.7 Å². The number of hydrogen-bond acceptors (Lipinski definition) is 9. The van der Waals surface area contributed by atoms with E-state index in [1.54, 1.807) is 41.3 Å². The van der Waals surface area contributed by atoms with E-state index in [2.05, 4.69) is 26.3 Å². The second-order valence-corrected chi connectivity index (χ2v) is 13.2. The Morgan fingerprint density at radius 1 is 0.980 bits per heavy atom. The van der Waals surface area contributed by atoms with E-state index in [0.717, 1.165) is 12.1 Å². The van der Waals surface area contributed by atoms with Crippen LogP contribution in [0.5, 0.6) is 0 Å². The van der Waals surface area contributed by atoms with Crippen LogP contribution in [0.1, 0.15) is 46.0 Å². The van der Waals surface area contributed by atoms with Gasteiger partial charge < -0.3 is 35.5 Å². The maximum absolute atomic E-state index is 14.2. The molecule has 0 bridgehead atoms. The number of anilines is 2. The Labute approximate surface area is 296 Å². The molecule has 266 valence electrons. The second-order valence-electron chi connectivity index (χ2n) is 12.8. The van der Waals surface area contributed by atoms with Crippen LogP contribution >= 0.6 is 11.6 Å². The van der Waals surface area contributed by atoms with Gasteiger partial charge in [0.2, 0.25) is 23.5 Å². The molecular formula is C36H44ClN7O6. The summed E-state index contributed by atoms with van der Waals surface area (Å²) in [7, 11) is 0. The Morgan fingerprint density at radius 3 is 2.50 bits per heavy atom. The van der Waals surface area contributed by atoms with Crippen LogP contribution in [0, 0.1) is 5.92 Å². The fraction of sp³-hybridized carbons (Fsp3) is 0.444. The monoisotopic (exact) mass is 705 g/mol. The Hall–Kier alpha value is -4.91. The molecule has 3 atom stereocenters. The van der Waals surface area contributed by atoms with Crippen LogP contribution in [0.15, 0.2) is 65.1 Å². The summed E-state index contributed by atoms with van der Waals surface area (Å²) in [5, 5.41) is 11.8. The number of allylic oxidation sites excluding steroid dienone is 1. The predicted octanol–water partition coefficient (Wildman–Crippen LogP) is 3.44. The number of oxazole rings is 1. The third kappa shape index (κ3) is 9.41. The average Bonchev–Trinajstić information content (AvgIpc) is 3.53. The summed E-state index contributed by atoms with van der Waals surface area (Å²) in [5.74, 6) is -2.64. The summed E-state index contributed by atoms with van der Waals surface area (Å²) in [5.41, 5.74) is 1.98. The Balaban J connectivity index is 1.36. The number of nitrogens with one attached hydrogen (secondary N) is 4. The Bertz CT molecular complexity index is 1680. The Kier molecular flexibility index (Phi) is 12.5. The van der Waals surface area contributed by atoms with Crippen molar-refractivity contribution in [3.8, 4) is 0 Å². The molecule has 1 saturated heterocycles. The molecule has 1 fully saturated rings. The second kappa shape index (κ2) is 17.1. The minimum atomic E-state index is -1.14. The van der Waals surface area contributed by atoms with Crippen molar-refractivity contribution in [2.24, 2.45) is 5.92 Å². The molecule has 5 rings (SSSR count). The van der Waals surface area contributed by atoms with Crippen molar-refractivity contribution in [3.05, 3.63) is 65.7 Å². The molecule has 4 amide bonds. The van der Waals surface area contributed by atoms with Gasteiger partial charge in [-0.1, -0.05) is 49.7 Å². The Morgan fingerprint density at radius 2 is 1.74 bits per heavy atom. The van der Waals surface area contributed by atoms with E-state index >= 15 is 0 Å². The molecule has 2 aromatic carbocycles. The van der Waals surface area contributed by atoms with Crippen molar-refractivity contribution >= 4 is 63.8 Å². The molecule has 2 aliphatic rings. The zero-order chi connectivity index (χ0) is 35.6. The van der Waals surface area contributed by atoms with Crippen molar-refractivity contribution in [3.63, 3.8) is 0 Å². The minimum Gasteiger partial charge on any atom is -0.424 e. The molecule has 3 heterocycles. The minimum absolute atomic E-state index is 0.0222. The van der Waals surface area contributed by atoms with Crippen molar-refractivity contribution < 1.29 is 28.4 Å². The molecule has 0 aliphatic carbocycles.